The van der Waals surface area contributed by atoms with Crippen molar-refractivity contribution in [3.05, 3.63) is 35.8 Å². The van der Waals surface area contributed by atoms with Gasteiger partial charge in [-0.15, -0.1) is 0 Å². The molecule has 1 amide bonds. The van der Waals surface area contributed by atoms with Crippen LogP contribution in [0, 0.1) is 0 Å². The largest absolute Gasteiger partial charge is 0.497 e. The number of carbonyl (C=O) groups excluding carboxylic acids is 1. The number of nitrogens with one attached hydrogen (secondary N) is 1. The van der Waals surface area contributed by atoms with Crippen LogP contribution in [0.5, 0.6) is 5.75 Å². The Kier molecular flexibility index (Phi) is 3.72. The minimum absolute atomic E-state index is 0.233. The van der Waals surface area contributed by atoms with Crippen molar-refractivity contribution in [1.29, 1.82) is 0 Å². The second kappa shape index (κ2) is 5.44. The summed E-state index contributed by atoms with van der Waals surface area (Å²) in [5.74, 6) is 1.17. The van der Waals surface area contributed by atoms with Crippen molar-refractivity contribution in [2.45, 2.75) is 6.92 Å². The van der Waals surface area contributed by atoms with E-state index in [1.54, 1.807) is 38.3 Å². The van der Waals surface area contributed by atoms with E-state index in [4.69, 9.17) is 14.2 Å². The van der Waals surface area contributed by atoms with Gasteiger partial charge in [0, 0.05) is 5.69 Å². The highest BCUT2D eigenvalue weighted by Crippen LogP contribution is 2.18. The van der Waals surface area contributed by atoms with E-state index in [0.29, 0.717) is 24.7 Å². The Morgan fingerprint density at radius 1 is 1.22 bits per heavy atom. The highest BCUT2D eigenvalue weighted by Gasteiger charge is 2.19. The van der Waals surface area contributed by atoms with Crippen LogP contribution in [0.1, 0.15) is 6.92 Å². The molecule has 0 radical (unpaired) electrons. The maximum atomic E-state index is 11.9. The van der Waals surface area contributed by atoms with Gasteiger partial charge in [0.05, 0.1) is 7.11 Å². The van der Waals surface area contributed by atoms with Gasteiger partial charge in [0.25, 0.3) is 5.91 Å². The molecule has 1 aliphatic rings. The molecular formula is C13H15NO4. The summed E-state index contributed by atoms with van der Waals surface area (Å²) in [5, 5.41) is 2.74. The van der Waals surface area contributed by atoms with Gasteiger partial charge in [-0.2, -0.15) is 0 Å². The molecule has 2 rings (SSSR count). The number of benzene rings is 1. The molecular weight excluding hydrogens is 234 g/mol. The van der Waals surface area contributed by atoms with Gasteiger partial charge in [0.1, 0.15) is 24.7 Å². The molecule has 5 heteroatoms. The first-order chi connectivity index (χ1) is 8.70. The zero-order valence-electron chi connectivity index (χ0n) is 10.4. The zero-order chi connectivity index (χ0) is 13.0. The maximum absolute atomic E-state index is 11.9. The van der Waals surface area contributed by atoms with Gasteiger partial charge in [0.15, 0.2) is 0 Å². The van der Waals surface area contributed by atoms with E-state index in [1.807, 2.05) is 0 Å². The van der Waals surface area contributed by atoms with Gasteiger partial charge in [-0.3, -0.25) is 4.79 Å². The van der Waals surface area contributed by atoms with Crippen molar-refractivity contribution < 1.29 is 19.0 Å². The fourth-order valence-corrected chi connectivity index (χ4v) is 1.59. The molecule has 1 aromatic rings. The lowest BCUT2D eigenvalue weighted by Gasteiger charge is -2.19. The zero-order valence-corrected chi connectivity index (χ0v) is 10.4. The minimum Gasteiger partial charge on any atom is -0.497 e. The van der Waals surface area contributed by atoms with E-state index in [2.05, 4.69) is 5.32 Å². The molecule has 0 unspecified atom stereocenters. The Labute approximate surface area is 105 Å². The summed E-state index contributed by atoms with van der Waals surface area (Å²) >= 11 is 0. The van der Waals surface area contributed by atoms with Crippen LogP contribution in [0.3, 0.4) is 0 Å². The van der Waals surface area contributed by atoms with Crippen molar-refractivity contribution in [1.82, 2.24) is 0 Å². The second-order valence-electron chi connectivity index (χ2n) is 3.76. The topological polar surface area (TPSA) is 56.8 Å². The third-order valence-electron chi connectivity index (χ3n) is 2.52. The highest BCUT2D eigenvalue weighted by molar-refractivity contribution is 6.02. The molecule has 0 fully saturated rings. The predicted octanol–water partition coefficient (Wildman–Crippen LogP) is 1.91. The Morgan fingerprint density at radius 3 is 2.50 bits per heavy atom. The van der Waals surface area contributed by atoms with E-state index in [0.717, 1.165) is 5.75 Å². The third kappa shape index (κ3) is 2.74. The van der Waals surface area contributed by atoms with Crippen molar-refractivity contribution in [3.63, 3.8) is 0 Å². The quantitative estimate of drug-likeness (QED) is 0.889. The Balaban J connectivity index is 2.06. The average Bonchev–Trinajstić information content (AvgIpc) is 2.40. The number of anilines is 1. The van der Waals surface area contributed by atoms with E-state index >= 15 is 0 Å². The van der Waals surface area contributed by atoms with Crippen LogP contribution < -0.4 is 10.1 Å². The summed E-state index contributed by atoms with van der Waals surface area (Å²) in [6.45, 7) is 2.58. The molecule has 0 aliphatic carbocycles. The number of carbonyl (C=O) groups is 1. The summed E-state index contributed by atoms with van der Waals surface area (Å²) in [5.41, 5.74) is 0.676. The first-order valence-corrected chi connectivity index (χ1v) is 5.62. The minimum atomic E-state index is -0.308. The van der Waals surface area contributed by atoms with Crippen LogP contribution in [-0.2, 0) is 14.3 Å². The number of allylic oxidation sites excluding steroid dienone is 1. The summed E-state index contributed by atoms with van der Waals surface area (Å²) < 4.78 is 15.6. The molecule has 1 N–H and O–H groups in total. The van der Waals surface area contributed by atoms with Gasteiger partial charge >= 0.3 is 0 Å². The molecule has 1 aliphatic heterocycles. The molecule has 1 heterocycles. The summed E-state index contributed by atoms with van der Waals surface area (Å²) in [7, 11) is 1.59. The maximum Gasteiger partial charge on any atom is 0.294 e. The number of methoxy groups -OCH3 is 1. The van der Waals surface area contributed by atoms with E-state index < -0.39 is 0 Å². The van der Waals surface area contributed by atoms with Gasteiger partial charge in [-0.25, -0.2) is 0 Å². The Hall–Kier alpha value is -2.17. The average molecular weight is 249 g/mol. The Morgan fingerprint density at radius 2 is 1.89 bits per heavy atom. The van der Waals surface area contributed by atoms with E-state index in [9.17, 15) is 4.79 Å². The SMILES string of the molecule is COc1ccc(NC(=O)C2=C(C)OCCO2)cc1. The molecule has 5 nitrogen and oxygen atoms in total. The smallest absolute Gasteiger partial charge is 0.294 e. The summed E-state index contributed by atoms with van der Waals surface area (Å²) in [6, 6.07) is 7.07. The lowest BCUT2D eigenvalue weighted by molar-refractivity contribution is -0.117. The van der Waals surface area contributed by atoms with Crippen LogP contribution in [0.4, 0.5) is 5.69 Å². The molecule has 0 saturated carbocycles. The lowest BCUT2D eigenvalue weighted by atomic mass is 10.3. The summed E-state index contributed by atoms with van der Waals surface area (Å²) in [4.78, 5) is 11.9. The molecule has 0 aromatic heterocycles. The van der Waals surface area contributed by atoms with Gasteiger partial charge in [-0.05, 0) is 31.2 Å². The molecule has 96 valence electrons. The monoisotopic (exact) mass is 249 g/mol. The van der Waals surface area contributed by atoms with Gasteiger partial charge < -0.3 is 19.5 Å². The molecule has 0 atom stereocenters. The van der Waals surface area contributed by atoms with Crippen molar-refractivity contribution in [2.75, 3.05) is 25.6 Å². The number of hydrogen-bond acceptors (Lipinski definition) is 4. The van der Waals surface area contributed by atoms with Crippen LogP contribution >= 0.6 is 0 Å². The van der Waals surface area contributed by atoms with Crippen molar-refractivity contribution >= 4 is 11.6 Å². The van der Waals surface area contributed by atoms with Gasteiger partial charge in [0.2, 0.25) is 5.76 Å². The number of amides is 1. The van der Waals surface area contributed by atoms with Crippen LogP contribution in [-0.4, -0.2) is 26.2 Å². The van der Waals surface area contributed by atoms with Gasteiger partial charge in [-0.1, -0.05) is 0 Å². The first-order valence-electron chi connectivity index (χ1n) is 5.62. The number of ether oxygens (including phenoxy) is 3. The molecule has 0 bridgehead atoms. The van der Waals surface area contributed by atoms with E-state index in [1.165, 1.54) is 0 Å². The fourth-order valence-electron chi connectivity index (χ4n) is 1.59. The van der Waals surface area contributed by atoms with Crippen molar-refractivity contribution in [3.8, 4) is 5.75 Å². The van der Waals surface area contributed by atoms with Crippen LogP contribution in [0.2, 0.25) is 0 Å². The standard InChI is InChI=1S/C13H15NO4/c1-9-12(18-8-7-17-9)13(15)14-10-3-5-11(16-2)6-4-10/h3-6H,7-8H2,1-2H3,(H,14,15). The Bertz CT molecular complexity index is 464. The fraction of sp³-hybridized carbons (Fsp3) is 0.308. The predicted molar refractivity (Wildman–Crippen MR) is 66.2 cm³/mol. The first kappa shape index (κ1) is 12.3. The van der Waals surface area contributed by atoms with E-state index in [-0.39, 0.29) is 11.7 Å². The normalized spacial score (nSPS) is 14.6. The van der Waals surface area contributed by atoms with Crippen LogP contribution in [0.25, 0.3) is 0 Å². The number of rotatable bonds is 3. The summed E-state index contributed by atoms with van der Waals surface area (Å²) in [6.07, 6.45) is 0. The second-order valence-corrected chi connectivity index (χ2v) is 3.76. The van der Waals surface area contributed by atoms with Crippen molar-refractivity contribution in [2.24, 2.45) is 0 Å². The lowest BCUT2D eigenvalue weighted by Crippen LogP contribution is -2.23. The molecule has 18 heavy (non-hydrogen) atoms. The molecule has 0 spiro atoms. The molecule has 1 aromatic carbocycles. The third-order valence-corrected chi connectivity index (χ3v) is 2.52. The van der Waals surface area contributed by atoms with Crippen LogP contribution in [0.15, 0.2) is 35.8 Å². The highest BCUT2D eigenvalue weighted by atomic mass is 16.6. The number of hydrogen-bond donors (Lipinski definition) is 1. The molecule has 0 saturated heterocycles.